The topological polar surface area (TPSA) is 38.9 Å². The standard InChI is InChI=1S/C23H31NS.C2H7N/c1-22(2)12-13-23(3,4)19-14-17(10-11-18(19)22)20-15-25-21(24-20)16-8-6-5-7-9-16;1-2-3/h10-11,14-16H,5-9,12-13H2,1-4H3;2-3H2,1H3. The van der Waals surface area contributed by atoms with Gasteiger partial charge in [0.25, 0.3) is 0 Å². The fraction of sp³-hybridized carbons (Fsp3) is 0.640. The van der Waals surface area contributed by atoms with Crippen molar-refractivity contribution in [3.63, 3.8) is 0 Å². The van der Waals surface area contributed by atoms with Crippen molar-refractivity contribution in [3.8, 4) is 11.3 Å². The quantitative estimate of drug-likeness (QED) is 0.582. The van der Waals surface area contributed by atoms with E-state index in [1.807, 2.05) is 18.3 Å². The summed E-state index contributed by atoms with van der Waals surface area (Å²) in [5.74, 6) is 0.709. The first-order valence-electron chi connectivity index (χ1n) is 11.1. The average molecular weight is 399 g/mol. The zero-order chi connectivity index (χ0) is 20.4. The van der Waals surface area contributed by atoms with E-state index < -0.39 is 0 Å². The number of hydrogen-bond donors (Lipinski definition) is 1. The van der Waals surface area contributed by atoms with E-state index in [1.54, 1.807) is 0 Å². The normalized spacial score (nSPS) is 20.8. The Bertz CT molecular complexity index is 782. The Morgan fingerprint density at radius 3 is 2.25 bits per heavy atom. The van der Waals surface area contributed by atoms with Gasteiger partial charge in [-0.3, -0.25) is 0 Å². The molecule has 0 amide bonds. The van der Waals surface area contributed by atoms with Gasteiger partial charge in [-0.15, -0.1) is 11.3 Å². The number of benzene rings is 1. The molecule has 28 heavy (non-hydrogen) atoms. The zero-order valence-electron chi connectivity index (χ0n) is 18.5. The smallest absolute Gasteiger partial charge is 0.0963 e. The van der Waals surface area contributed by atoms with Crippen molar-refractivity contribution in [2.75, 3.05) is 6.54 Å². The molecule has 1 saturated carbocycles. The predicted molar refractivity (Wildman–Crippen MR) is 123 cm³/mol. The average Bonchev–Trinajstić information content (AvgIpc) is 3.17. The van der Waals surface area contributed by atoms with Crippen molar-refractivity contribution in [1.29, 1.82) is 0 Å². The minimum Gasteiger partial charge on any atom is -0.331 e. The molecule has 4 rings (SSSR count). The van der Waals surface area contributed by atoms with Gasteiger partial charge < -0.3 is 5.73 Å². The lowest BCUT2D eigenvalue weighted by molar-refractivity contribution is 0.332. The molecule has 0 radical (unpaired) electrons. The largest absolute Gasteiger partial charge is 0.331 e. The molecule has 154 valence electrons. The highest BCUT2D eigenvalue weighted by Crippen LogP contribution is 2.47. The van der Waals surface area contributed by atoms with Crippen molar-refractivity contribution in [1.82, 2.24) is 4.98 Å². The van der Waals surface area contributed by atoms with Gasteiger partial charge in [-0.25, -0.2) is 4.98 Å². The minimum atomic E-state index is 0.267. The summed E-state index contributed by atoms with van der Waals surface area (Å²) in [7, 11) is 0. The Labute approximate surface area is 176 Å². The number of hydrogen-bond acceptors (Lipinski definition) is 3. The first-order chi connectivity index (χ1) is 13.3. The van der Waals surface area contributed by atoms with E-state index in [0.717, 1.165) is 6.54 Å². The van der Waals surface area contributed by atoms with Gasteiger partial charge in [-0.05, 0) is 60.3 Å². The molecule has 1 aromatic heterocycles. The molecule has 0 atom stereocenters. The molecule has 3 heteroatoms. The second-order valence-corrected chi connectivity index (χ2v) is 10.7. The first-order valence-corrected chi connectivity index (χ1v) is 12.0. The van der Waals surface area contributed by atoms with Gasteiger partial charge in [0.15, 0.2) is 0 Å². The van der Waals surface area contributed by atoms with Gasteiger partial charge in [0, 0.05) is 16.9 Å². The van der Waals surface area contributed by atoms with Crippen LogP contribution < -0.4 is 5.73 Å². The third-order valence-corrected chi connectivity index (χ3v) is 7.63. The maximum Gasteiger partial charge on any atom is 0.0963 e. The molecule has 2 aliphatic carbocycles. The van der Waals surface area contributed by atoms with Gasteiger partial charge in [0.05, 0.1) is 10.7 Å². The molecule has 2 nitrogen and oxygen atoms in total. The van der Waals surface area contributed by atoms with E-state index in [-0.39, 0.29) is 5.41 Å². The maximum atomic E-state index is 5.06. The number of nitrogens with two attached hydrogens (primary N) is 1. The lowest BCUT2D eigenvalue weighted by Crippen LogP contribution is -2.33. The SMILES string of the molecule is CC1(C)CCC(C)(C)c2cc(-c3csc(C4CCCCC4)n3)ccc21.CCN. The molecule has 2 aromatic rings. The van der Waals surface area contributed by atoms with Crippen LogP contribution in [0.1, 0.15) is 102 Å². The van der Waals surface area contributed by atoms with E-state index in [9.17, 15) is 0 Å². The second kappa shape index (κ2) is 8.67. The van der Waals surface area contributed by atoms with Crippen LogP contribution in [0.5, 0.6) is 0 Å². The molecule has 2 aliphatic rings. The van der Waals surface area contributed by atoms with Gasteiger partial charge in [0.2, 0.25) is 0 Å². The highest BCUT2D eigenvalue weighted by atomic mass is 32.1. The Morgan fingerprint density at radius 2 is 1.61 bits per heavy atom. The number of aromatic nitrogens is 1. The van der Waals surface area contributed by atoms with Crippen molar-refractivity contribution < 1.29 is 0 Å². The fourth-order valence-corrected chi connectivity index (χ4v) is 5.71. The maximum absolute atomic E-state index is 5.06. The van der Waals surface area contributed by atoms with Crippen LogP contribution in [0.25, 0.3) is 11.3 Å². The van der Waals surface area contributed by atoms with E-state index >= 15 is 0 Å². The monoisotopic (exact) mass is 398 g/mol. The van der Waals surface area contributed by atoms with Crippen molar-refractivity contribution in [3.05, 3.63) is 39.7 Å². The summed E-state index contributed by atoms with van der Waals surface area (Å²) >= 11 is 1.88. The number of fused-ring (bicyclic) bond motifs is 1. The molecule has 1 aromatic carbocycles. The lowest BCUT2D eigenvalue weighted by Gasteiger charge is -2.42. The highest BCUT2D eigenvalue weighted by molar-refractivity contribution is 7.10. The predicted octanol–water partition coefficient (Wildman–Crippen LogP) is 7.17. The van der Waals surface area contributed by atoms with Crippen molar-refractivity contribution >= 4 is 11.3 Å². The molecule has 2 N–H and O–H groups in total. The summed E-state index contributed by atoms with van der Waals surface area (Å²) in [4.78, 5) is 5.06. The van der Waals surface area contributed by atoms with Crippen LogP contribution in [0.2, 0.25) is 0 Å². The number of rotatable bonds is 2. The Balaban J connectivity index is 0.000000706. The van der Waals surface area contributed by atoms with E-state index in [1.165, 1.54) is 72.3 Å². The molecular weight excluding hydrogens is 360 g/mol. The van der Waals surface area contributed by atoms with Gasteiger partial charge in [0.1, 0.15) is 0 Å². The number of thiazole rings is 1. The summed E-state index contributed by atoms with van der Waals surface area (Å²) in [6, 6.07) is 7.13. The van der Waals surface area contributed by atoms with Crippen LogP contribution in [0.3, 0.4) is 0 Å². The summed E-state index contributed by atoms with van der Waals surface area (Å²) in [6.07, 6.45) is 9.36. The lowest BCUT2D eigenvalue weighted by atomic mass is 9.63. The van der Waals surface area contributed by atoms with Crippen LogP contribution in [0, 0.1) is 0 Å². The number of nitrogens with zero attached hydrogens (tertiary/aromatic N) is 1. The molecular formula is C25H38N2S. The molecule has 0 unspecified atom stereocenters. The molecule has 0 spiro atoms. The molecule has 1 fully saturated rings. The van der Waals surface area contributed by atoms with Crippen LogP contribution >= 0.6 is 11.3 Å². The Morgan fingerprint density at radius 1 is 1.00 bits per heavy atom. The van der Waals surface area contributed by atoms with Gasteiger partial charge >= 0.3 is 0 Å². The third-order valence-electron chi connectivity index (χ3n) is 6.62. The van der Waals surface area contributed by atoms with E-state index in [4.69, 9.17) is 10.7 Å². The molecule has 1 heterocycles. The second-order valence-electron chi connectivity index (χ2n) is 9.84. The van der Waals surface area contributed by atoms with Crippen molar-refractivity contribution in [2.24, 2.45) is 5.73 Å². The van der Waals surface area contributed by atoms with Crippen LogP contribution in [-0.4, -0.2) is 11.5 Å². The minimum absolute atomic E-state index is 0.267. The Hall–Kier alpha value is -1.19. The van der Waals surface area contributed by atoms with Crippen LogP contribution in [0.4, 0.5) is 0 Å². The van der Waals surface area contributed by atoms with Crippen LogP contribution in [-0.2, 0) is 10.8 Å². The zero-order valence-corrected chi connectivity index (χ0v) is 19.3. The third kappa shape index (κ3) is 4.52. The van der Waals surface area contributed by atoms with Crippen molar-refractivity contribution in [2.45, 2.75) is 96.3 Å². The fourth-order valence-electron chi connectivity index (χ4n) is 4.71. The summed E-state index contributed by atoms with van der Waals surface area (Å²) < 4.78 is 0. The van der Waals surface area contributed by atoms with E-state index in [2.05, 4.69) is 51.3 Å². The van der Waals surface area contributed by atoms with E-state index in [0.29, 0.717) is 11.3 Å². The summed E-state index contributed by atoms with van der Waals surface area (Å²) in [5.41, 5.74) is 11.0. The summed E-state index contributed by atoms with van der Waals surface area (Å²) in [6.45, 7) is 12.2. The molecule has 0 bridgehead atoms. The first kappa shape index (κ1) is 21.5. The Kier molecular flexibility index (Phi) is 6.66. The van der Waals surface area contributed by atoms with Crippen LogP contribution in [0.15, 0.2) is 23.6 Å². The van der Waals surface area contributed by atoms with Gasteiger partial charge in [-0.2, -0.15) is 0 Å². The highest BCUT2D eigenvalue weighted by Gasteiger charge is 2.37. The molecule has 0 aliphatic heterocycles. The van der Waals surface area contributed by atoms with Gasteiger partial charge in [-0.1, -0.05) is 66.0 Å². The molecule has 0 saturated heterocycles. The summed E-state index contributed by atoms with van der Waals surface area (Å²) in [5, 5.41) is 3.65.